The first kappa shape index (κ1) is 17.8. The molecule has 0 N–H and O–H groups in total. The maximum atomic E-state index is 13.0. The smallest absolute Gasteiger partial charge is 0.299 e. The van der Waals surface area contributed by atoms with Crippen molar-refractivity contribution in [2.45, 2.75) is 25.9 Å². The van der Waals surface area contributed by atoms with E-state index in [-0.39, 0.29) is 24.2 Å². The van der Waals surface area contributed by atoms with Crippen LogP contribution in [0.2, 0.25) is 0 Å². The van der Waals surface area contributed by atoms with E-state index in [2.05, 4.69) is 10.3 Å². The predicted molar refractivity (Wildman–Crippen MR) is 90.0 cm³/mol. The molecule has 4 nitrogen and oxygen atoms in total. The lowest BCUT2D eigenvalue weighted by molar-refractivity contribution is -0.138. The van der Waals surface area contributed by atoms with E-state index < -0.39 is 11.7 Å². The van der Waals surface area contributed by atoms with Crippen molar-refractivity contribution >= 4 is 5.78 Å². The third-order valence-electron chi connectivity index (χ3n) is 3.92. The molecule has 1 aromatic heterocycles. The Labute approximate surface area is 148 Å². The fourth-order valence-corrected chi connectivity index (χ4v) is 2.69. The quantitative estimate of drug-likeness (QED) is 0.693. The molecule has 3 aromatic rings. The van der Waals surface area contributed by atoms with Crippen LogP contribution in [0.1, 0.15) is 22.4 Å². The van der Waals surface area contributed by atoms with Crippen LogP contribution < -0.4 is 0 Å². The third-order valence-corrected chi connectivity index (χ3v) is 3.92. The molecule has 26 heavy (non-hydrogen) atoms. The molecule has 0 unspecified atom stereocenters. The minimum atomic E-state index is -4.46. The highest BCUT2D eigenvalue weighted by atomic mass is 19.4. The number of nitrogens with zero attached hydrogens (tertiary/aromatic N) is 3. The molecule has 0 atom stereocenters. The number of aryl methyl sites for hydroxylation is 1. The van der Waals surface area contributed by atoms with Crippen LogP contribution >= 0.6 is 0 Å². The minimum absolute atomic E-state index is 0.000268. The van der Waals surface area contributed by atoms with Gasteiger partial charge in [0.25, 0.3) is 0 Å². The van der Waals surface area contributed by atoms with Crippen molar-refractivity contribution in [2.24, 2.45) is 0 Å². The molecule has 1 heterocycles. The van der Waals surface area contributed by atoms with Crippen molar-refractivity contribution in [2.75, 3.05) is 0 Å². The second-order valence-corrected chi connectivity index (χ2v) is 6.02. The summed E-state index contributed by atoms with van der Waals surface area (Å²) in [6.07, 6.45) is -2.87. The van der Waals surface area contributed by atoms with Gasteiger partial charge in [0.2, 0.25) is 0 Å². The van der Waals surface area contributed by atoms with Gasteiger partial charge in [-0.05, 0) is 36.2 Å². The molecule has 0 radical (unpaired) electrons. The maximum absolute atomic E-state index is 13.0. The molecule has 134 valence electrons. The lowest BCUT2D eigenvalue weighted by Crippen LogP contribution is -2.13. The number of hydrogen-bond donors (Lipinski definition) is 0. The molecular weight excluding hydrogens is 343 g/mol. The Morgan fingerprint density at radius 2 is 1.73 bits per heavy atom. The van der Waals surface area contributed by atoms with E-state index in [0.717, 1.165) is 23.0 Å². The number of rotatable bonds is 5. The van der Waals surface area contributed by atoms with Gasteiger partial charge in [-0.2, -0.15) is 13.2 Å². The van der Waals surface area contributed by atoms with Gasteiger partial charge in [0.05, 0.1) is 23.1 Å². The molecule has 0 bridgehead atoms. The van der Waals surface area contributed by atoms with Gasteiger partial charge in [0, 0.05) is 12.8 Å². The lowest BCUT2D eigenvalue weighted by atomic mass is 9.98. The highest BCUT2D eigenvalue weighted by molar-refractivity contribution is 5.83. The van der Waals surface area contributed by atoms with Crippen molar-refractivity contribution < 1.29 is 18.0 Å². The van der Waals surface area contributed by atoms with Crippen LogP contribution in [0, 0.1) is 6.92 Å². The van der Waals surface area contributed by atoms with E-state index >= 15 is 0 Å². The Hall–Kier alpha value is -2.96. The largest absolute Gasteiger partial charge is 0.416 e. The number of halogens is 3. The molecule has 0 saturated heterocycles. The molecule has 0 saturated carbocycles. The highest BCUT2D eigenvalue weighted by Crippen LogP contribution is 2.32. The Kier molecular flexibility index (Phi) is 4.88. The van der Waals surface area contributed by atoms with Crippen molar-refractivity contribution in [1.82, 2.24) is 15.0 Å². The van der Waals surface area contributed by atoms with Crippen LogP contribution in [-0.4, -0.2) is 20.8 Å². The summed E-state index contributed by atoms with van der Waals surface area (Å²) in [5.41, 5.74) is 1.56. The minimum Gasteiger partial charge on any atom is -0.299 e. The Balaban J connectivity index is 1.69. The van der Waals surface area contributed by atoms with Crippen LogP contribution in [0.3, 0.4) is 0 Å². The Morgan fingerprint density at radius 3 is 2.35 bits per heavy atom. The molecule has 0 fully saturated rings. The van der Waals surface area contributed by atoms with E-state index in [0.29, 0.717) is 0 Å². The topological polar surface area (TPSA) is 47.8 Å². The molecule has 0 spiro atoms. The first-order valence-electron chi connectivity index (χ1n) is 7.98. The number of carbonyl (C=O) groups excluding carboxylic acids is 1. The number of aromatic nitrogens is 3. The van der Waals surface area contributed by atoms with E-state index in [9.17, 15) is 18.0 Å². The van der Waals surface area contributed by atoms with E-state index in [4.69, 9.17) is 0 Å². The molecule has 7 heteroatoms. The highest BCUT2D eigenvalue weighted by Gasteiger charge is 2.33. The van der Waals surface area contributed by atoms with Gasteiger partial charge >= 0.3 is 6.18 Å². The number of alkyl halides is 3. The number of hydrogen-bond acceptors (Lipinski definition) is 3. The summed E-state index contributed by atoms with van der Waals surface area (Å²) in [6, 6.07) is 12.3. The van der Waals surface area contributed by atoms with Crippen molar-refractivity contribution in [3.8, 4) is 5.69 Å². The van der Waals surface area contributed by atoms with Crippen LogP contribution in [0.5, 0.6) is 0 Å². The molecule has 0 aliphatic carbocycles. The van der Waals surface area contributed by atoms with E-state index in [1.807, 2.05) is 6.92 Å². The fraction of sp³-hybridized carbons (Fsp3) is 0.211. The number of Topliss-reactive ketones (excluding diaryl/α,β-unsaturated/α-hetero) is 1. The van der Waals surface area contributed by atoms with Crippen molar-refractivity contribution in [3.05, 3.63) is 77.1 Å². The lowest BCUT2D eigenvalue weighted by Gasteiger charge is -2.12. The summed E-state index contributed by atoms with van der Waals surface area (Å²) in [7, 11) is 0. The molecule has 0 aliphatic rings. The average Bonchev–Trinajstić information content (AvgIpc) is 3.01. The number of benzene rings is 2. The zero-order chi connectivity index (χ0) is 18.7. The first-order valence-corrected chi connectivity index (χ1v) is 7.98. The summed E-state index contributed by atoms with van der Waals surface area (Å²) in [4.78, 5) is 12.2. The predicted octanol–water partition coefficient (Wildman–Crippen LogP) is 3.95. The molecule has 0 amide bonds. The zero-order valence-corrected chi connectivity index (χ0v) is 14.0. The molecule has 2 aromatic carbocycles. The van der Waals surface area contributed by atoms with Crippen molar-refractivity contribution in [1.29, 1.82) is 0 Å². The van der Waals surface area contributed by atoms with Crippen LogP contribution in [-0.2, 0) is 23.8 Å². The van der Waals surface area contributed by atoms with Gasteiger partial charge in [-0.25, -0.2) is 4.68 Å². The van der Waals surface area contributed by atoms with Gasteiger partial charge in [0.15, 0.2) is 0 Å². The van der Waals surface area contributed by atoms with E-state index in [1.54, 1.807) is 35.1 Å². The van der Waals surface area contributed by atoms with Gasteiger partial charge in [-0.1, -0.05) is 35.5 Å². The summed E-state index contributed by atoms with van der Waals surface area (Å²) in [6.45, 7) is 1.83. The molecule has 3 rings (SSSR count). The fourth-order valence-electron chi connectivity index (χ4n) is 2.69. The Morgan fingerprint density at radius 1 is 1.04 bits per heavy atom. The maximum Gasteiger partial charge on any atom is 0.416 e. The van der Waals surface area contributed by atoms with Gasteiger partial charge < -0.3 is 0 Å². The number of ketones is 1. The third kappa shape index (κ3) is 4.17. The standard InChI is InChI=1S/C19H16F3N3O/c1-13-12-25(24-23-13)16-8-6-14(7-9-16)10-17(26)11-15-4-2-3-5-18(15)19(20,21)22/h2-9,12H,10-11H2,1H3. The zero-order valence-electron chi connectivity index (χ0n) is 14.0. The van der Waals surface area contributed by atoms with Crippen molar-refractivity contribution in [3.63, 3.8) is 0 Å². The Bertz CT molecular complexity index is 914. The second-order valence-electron chi connectivity index (χ2n) is 6.02. The van der Waals surface area contributed by atoms with Gasteiger partial charge in [0.1, 0.15) is 5.78 Å². The number of carbonyl (C=O) groups is 1. The molecule has 0 aliphatic heterocycles. The summed E-state index contributed by atoms with van der Waals surface area (Å²) in [5.74, 6) is -0.272. The summed E-state index contributed by atoms with van der Waals surface area (Å²) >= 11 is 0. The monoisotopic (exact) mass is 359 g/mol. The van der Waals surface area contributed by atoms with Gasteiger partial charge in [-0.3, -0.25) is 4.79 Å². The first-order chi connectivity index (χ1) is 12.3. The second kappa shape index (κ2) is 7.11. The van der Waals surface area contributed by atoms with Crippen LogP contribution in [0.4, 0.5) is 13.2 Å². The summed E-state index contributed by atoms with van der Waals surface area (Å²) in [5, 5.41) is 7.86. The summed E-state index contributed by atoms with van der Waals surface area (Å²) < 4.78 is 40.6. The van der Waals surface area contributed by atoms with Gasteiger partial charge in [-0.15, -0.1) is 5.10 Å². The molecular formula is C19H16F3N3O. The SMILES string of the molecule is Cc1cn(-c2ccc(CC(=O)Cc3ccccc3C(F)(F)F)cc2)nn1. The van der Waals surface area contributed by atoms with E-state index in [1.165, 1.54) is 18.2 Å². The van der Waals surface area contributed by atoms with Crippen LogP contribution in [0.15, 0.2) is 54.7 Å². The average molecular weight is 359 g/mol. The normalized spacial score (nSPS) is 11.5. The van der Waals surface area contributed by atoms with Crippen LogP contribution in [0.25, 0.3) is 5.69 Å².